The second-order valence-electron chi connectivity index (χ2n) is 9.43. The molecule has 0 spiro atoms. The van der Waals surface area contributed by atoms with Gasteiger partial charge in [-0.1, -0.05) is 25.8 Å². The van der Waals surface area contributed by atoms with Crippen molar-refractivity contribution in [2.24, 2.45) is 0 Å². The van der Waals surface area contributed by atoms with Crippen molar-refractivity contribution >= 4 is 16.9 Å². The molecule has 0 N–H and O–H groups in total. The Morgan fingerprint density at radius 3 is 2.18 bits per heavy atom. The van der Waals surface area contributed by atoms with E-state index in [9.17, 15) is 4.79 Å². The van der Waals surface area contributed by atoms with Crippen LogP contribution in [0, 0.1) is 0 Å². The number of benzene rings is 2. The Morgan fingerprint density at radius 2 is 1.53 bits per heavy atom. The summed E-state index contributed by atoms with van der Waals surface area (Å²) in [5.41, 5.74) is 3.40. The number of hydrogen-bond acceptors (Lipinski definition) is 8. The number of unbranched alkanes of at least 4 members (excludes halogenated alkanes) is 1. The maximum Gasteiger partial charge on any atom is 0.340 e. The van der Waals surface area contributed by atoms with Gasteiger partial charge in [-0.2, -0.15) is 0 Å². The molecule has 1 saturated heterocycles. The number of ether oxygens (including phenoxy) is 5. The fourth-order valence-corrected chi connectivity index (χ4v) is 4.98. The molecule has 0 saturated carbocycles. The molecule has 2 heterocycles. The number of rotatable bonds is 11. The van der Waals surface area contributed by atoms with Crippen LogP contribution in [0.2, 0.25) is 0 Å². The topological polar surface area (TPSA) is 79.4 Å². The number of fused-ring (bicyclic) bond motifs is 1. The van der Waals surface area contributed by atoms with Crippen LogP contribution in [0.3, 0.4) is 0 Å². The fraction of sp³-hybridized carbons (Fsp3) is 0.467. The third-order valence-electron chi connectivity index (χ3n) is 6.99. The van der Waals surface area contributed by atoms with Gasteiger partial charge in [0.1, 0.15) is 0 Å². The van der Waals surface area contributed by atoms with E-state index in [1.165, 1.54) is 6.42 Å². The third kappa shape index (κ3) is 5.80. The predicted molar refractivity (Wildman–Crippen MR) is 148 cm³/mol. The normalized spacial score (nSPS) is 13.8. The molecule has 0 amide bonds. The van der Waals surface area contributed by atoms with Crippen molar-refractivity contribution in [3.63, 3.8) is 0 Å². The molecule has 8 heteroatoms. The first-order valence-electron chi connectivity index (χ1n) is 13.2. The molecule has 1 fully saturated rings. The molecule has 1 aromatic heterocycles. The van der Waals surface area contributed by atoms with Crippen molar-refractivity contribution in [2.75, 3.05) is 48.1 Å². The molecular formula is C30H38N2O6. The number of carbonyl (C=O) groups excluding carboxylic acids is 1. The maximum absolute atomic E-state index is 13.8. The van der Waals surface area contributed by atoms with Crippen LogP contribution in [-0.2, 0) is 11.3 Å². The molecule has 38 heavy (non-hydrogen) atoms. The highest BCUT2D eigenvalue weighted by atomic mass is 16.5. The number of hydrogen-bond donors (Lipinski definition) is 0. The van der Waals surface area contributed by atoms with E-state index in [1.807, 2.05) is 30.3 Å². The standard InChI is InChI=1S/C30H38N2O6/c1-6-7-15-38-30(33)29-23(19-32-13-9-8-10-14-32)31-22-18-27(37-5)26(36-4)17-21(22)28(29)20-11-12-24(34-2)25(16-20)35-3/h11-12,16-18H,6-10,13-15,19H2,1-5H3. The predicted octanol–water partition coefficient (Wildman–Crippen LogP) is 5.88. The van der Waals surface area contributed by atoms with Crippen LogP contribution in [0.15, 0.2) is 30.3 Å². The summed E-state index contributed by atoms with van der Waals surface area (Å²) < 4.78 is 28.1. The van der Waals surface area contributed by atoms with Crippen LogP contribution in [0.25, 0.3) is 22.0 Å². The van der Waals surface area contributed by atoms with Crippen molar-refractivity contribution in [2.45, 2.75) is 45.6 Å². The Balaban J connectivity index is 2.01. The van der Waals surface area contributed by atoms with E-state index in [2.05, 4.69) is 11.8 Å². The molecule has 1 aliphatic heterocycles. The smallest absolute Gasteiger partial charge is 0.340 e. The van der Waals surface area contributed by atoms with Crippen LogP contribution in [-0.4, -0.2) is 64.0 Å². The number of nitrogens with zero attached hydrogens (tertiary/aromatic N) is 2. The van der Waals surface area contributed by atoms with Crippen molar-refractivity contribution < 1.29 is 28.5 Å². The molecule has 3 aromatic rings. The van der Waals surface area contributed by atoms with Crippen LogP contribution in [0.1, 0.15) is 55.1 Å². The number of piperidine rings is 1. The highest BCUT2D eigenvalue weighted by Gasteiger charge is 2.27. The molecule has 0 atom stereocenters. The maximum atomic E-state index is 13.8. The lowest BCUT2D eigenvalue weighted by molar-refractivity contribution is 0.0497. The van der Waals surface area contributed by atoms with Crippen LogP contribution in [0.4, 0.5) is 0 Å². The number of pyridine rings is 1. The highest BCUT2D eigenvalue weighted by molar-refractivity contribution is 6.08. The van der Waals surface area contributed by atoms with Gasteiger partial charge in [0.05, 0.1) is 51.8 Å². The average molecular weight is 523 g/mol. The highest BCUT2D eigenvalue weighted by Crippen LogP contribution is 2.42. The Bertz CT molecular complexity index is 1270. The molecule has 0 bridgehead atoms. The van der Waals surface area contributed by atoms with Crippen LogP contribution in [0.5, 0.6) is 23.0 Å². The summed E-state index contributed by atoms with van der Waals surface area (Å²) in [5.74, 6) is 1.93. The number of esters is 1. The third-order valence-corrected chi connectivity index (χ3v) is 6.99. The average Bonchev–Trinajstić information content (AvgIpc) is 2.95. The summed E-state index contributed by atoms with van der Waals surface area (Å²) in [4.78, 5) is 21.2. The summed E-state index contributed by atoms with van der Waals surface area (Å²) in [5, 5.41) is 0.764. The van der Waals surface area contributed by atoms with Crippen molar-refractivity contribution in [3.05, 3.63) is 41.6 Å². The van der Waals surface area contributed by atoms with Crippen molar-refractivity contribution in [1.29, 1.82) is 0 Å². The van der Waals surface area contributed by atoms with E-state index < -0.39 is 0 Å². The van der Waals surface area contributed by atoms with E-state index in [0.29, 0.717) is 52.9 Å². The number of likely N-dealkylation sites (tertiary alicyclic amines) is 1. The van der Waals surface area contributed by atoms with E-state index in [4.69, 9.17) is 28.7 Å². The number of carbonyl (C=O) groups is 1. The minimum absolute atomic E-state index is 0.355. The number of aromatic nitrogens is 1. The van der Waals surface area contributed by atoms with Gasteiger partial charge in [0.2, 0.25) is 0 Å². The van der Waals surface area contributed by atoms with Gasteiger partial charge in [-0.05, 0) is 56.1 Å². The van der Waals surface area contributed by atoms with Gasteiger partial charge in [0.25, 0.3) is 0 Å². The first-order valence-corrected chi connectivity index (χ1v) is 13.2. The van der Waals surface area contributed by atoms with Crippen LogP contribution < -0.4 is 18.9 Å². The van der Waals surface area contributed by atoms with Gasteiger partial charge in [0.15, 0.2) is 23.0 Å². The quantitative estimate of drug-likeness (QED) is 0.228. The Morgan fingerprint density at radius 1 is 0.868 bits per heavy atom. The molecule has 8 nitrogen and oxygen atoms in total. The lowest BCUT2D eigenvalue weighted by atomic mass is 9.93. The lowest BCUT2D eigenvalue weighted by Gasteiger charge is -2.27. The van der Waals surface area contributed by atoms with E-state index in [1.54, 1.807) is 28.4 Å². The molecular weight excluding hydrogens is 484 g/mol. The van der Waals surface area contributed by atoms with Crippen molar-refractivity contribution in [1.82, 2.24) is 9.88 Å². The zero-order valence-corrected chi connectivity index (χ0v) is 23.1. The van der Waals surface area contributed by atoms with Crippen LogP contribution >= 0.6 is 0 Å². The fourth-order valence-electron chi connectivity index (χ4n) is 4.98. The lowest BCUT2D eigenvalue weighted by Crippen LogP contribution is -2.30. The van der Waals surface area contributed by atoms with Gasteiger partial charge < -0.3 is 23.7 Å². The Kier molecular flexibility index (Phi) is 9.29. The van der Waals surface area contributed by atoms with Gasteiger partial charge in [0, 0.05) is 23.6 Å². The van der Waals surface area contributed by atoms with Gasteiger partial charge in [-0.25, -0.2) is 4.79 Å². The molecule has 2 aromatic carbocycles. The first kappa shape index (κ1) is 27.5. The SMILES string of the molecule is CCCCOC(=O)c1c(CN2CCCCC2)nc2cc(OC)c(OC)cc2c1-c1ccc(OC)c(OC)c1. The Hall–Kier alpha value is -3.52. The molecule has 0 radical (unpaired) electrons. The largest absolute Gasteiger partial charge is 0.493 e. The molecule has 4 rings (SSSR count). The minimum atomic E-state index is -0.376. The summed E-state index contributed by atoms with van der Waals surface area (Å²) in [7, 11) is 6.40. The zero-order valence-electron chi connectivity index (χ0n) is 23.1. The summed E-state index contributed by atoms with van der Waals surface area (Å²) in [6, 6.07) is 9.40. The Labute approximate surface area is 224 Å². The van der Waals surface area contributed by atoms with Gasteiger partial charge in [-0.3, -0.25) is 9.88 Å². The second-order valence-corrected chi connectivity index (χ2v) is 9.43. The monoisotopic (exact) mass is 522 g/mol. The number of methoxy groups -OCH3 is 4. The first-order chi connectivity index (χ1) is 18.5. The van der Waals surface area contributed by atoms with Gasteiger partial charge in [-0.15, -0.1) is 0 Å². The summed E-state index contributed by atoms with van der Waals surface area (Å²) in [6.07, 6.45) is 5.23. The minimum Gasteiger partial charge on any atom is -0.493 e. The second kappa shape index (κ2) is 12.8. The van der Waals surface area contributed by atoms with Gasteiger partial charge >= 0.3 is 5.97 Å². The molecule has 0 aliphatic carbocycles. The zero-order chi connectivity index (χ0) is 27.1. The van der Waals surface area contributed by atoms with Crippen molar-refractivity contribution in [3.8, 4) is 34.1 Å². The summed E-state index contributed by atoms with van der Waals surface area (Å²) in [6.45, 7) is 4.93. The van der Waals surface area contributed by atoms with E-state index in [-0.39, 0.29) is 5.97 Å². The molecule has 1 aliphatic rings. The van der Waals surface area contributed by atoms with E-state index >= 15 is 0 Å². The van der Waals surface area contributed by atoms with E-state index in [0.717, 1.165) is 55.3 Å². The summed E-state index contributed by atoms with van der Waals surface area (Å²) >= 11 is 0. The molecule has 204 valence electrons. The molecule has 0 unspecified atom stereocenters.